The highest BCUT2D eigenvalue weighted by Crippen LogP contribution is 2.30. The van der Waals surface area contributed by atoms with Gasteiger partial charge in [0, 0.05) is 24.2 Å². The summed E-state index contributed by atoms with van der Waals surface area (Å²) in [6, 6.07) is 0.413. The molecule has 0 amide bonds. The average Bonchev–Trinajstić information content (AvgIpc) is 2.97. The molecule has 2 aromatic rings. The molecule has 1 unspecified atom stereocenters. The van der Waals surface area contributed by atoms with Gasteiger partial charge in [0.05, 0.1) is 0 Å². The van der Waals surface area contributed by atoms with Crippen LogP contribution in [0.5, 0.6) is 0 Å². The highest BCUT2D eigenvalue weighted by atomic mass is 32.1. The summed E-state index contributed by atoms with van der Waals surface area (Å²) in [7, 11) is 0. The van der Waals surface area contributed by atoms with Crippen molar-refractivity contribution in [1.82, 2.24) is 9.38 Å². The van der Waals surface area contributed by atoms with E-state index >= 15 is 0 Å². The Hall–Kier alpha value is -1.56. The maximum Gasteiger partial charge on any atom is 0.356 e. The Bertz CT molecular complexity index is 604. The van der Waals surface area contributed by atoms with Crippen LogP contribution in [0.3, 0.4) is 0 Å². The van der Waals surface area contributed by atoms with Gasteiger partial charge in [0.15, 0.2) is 16.5 Å². The highest BCUT2D eigenvalue weighted by molar-refractivity contribution is 7.15. The highest BCUT2D eigenvalue weighted by Gasteiger charge is 2.29. The van der Waals surface area contributed by atoms with Gasteiger partial charge in [-0.25, -0.2) is 9.78 Å². The van der Waals surface area contributed by atoms with Gasteiger partial charge in [-0.05, 0) is 25.7 Å². The van der Waals surface area contributed by atoms with E-state index in [0.29, 0.717) is 17.6 Å². The summed E-state index contributed by atoms with van der Waals surface area (Å²) in [6.07, 6.45) is 6.27. The standard InChI is InChI=1S/C13H17N3O2S/c1-2-9-5-3-4-6-15(9)11-10(12(17)18)16-7-8-19-13(16)14-11/h7-9H,2-6H2,1H3,(H,17,18). The molecular weight excluding hydrogens is 262 g/mol. The minimum Gasteiger partial charge on any atom is -0.476 e. The third-order valence-electron chi connectivity index (χ3n) is 3.82. The third kappa shape index (κ3) is 2.00. The van der Waals surface area contributed by atoms with E-state index in [4.69, 9.17) is 0 Å². The zero-order valence-corrected chi connectivity index (χ0v) is 11.7. The minimum atomic E-state index is -0.902. The normalized spacial score (nSPS) is 20.1. The van der Waals surface area contributed by atoms with Crippen LogP contribution in [0.25, 0.3) is 4.96 Å². The van der Waals surface area contributed by atoms with Gasteiger partial charge in [-0.15, -0.1) is 11.3 Å². The Labute approximate surface area is 115 Å². The van der Waals surface area contributed by atoms with Crippen LogP contribution >= 0.6 is 11.3 Å². The molecule has 1 fully saturated rings. The number of nitrogens with zero attached hydrogens (tertiary/aromatic N) is 3. The Morgan fingerprint density at radius 2 is 2.42 bits per heavy atom. The van der Waals surface area contributed by atoms with Crippen molar-refractivity contribution in [2.75, 3.05) is 11.4 Å². The molecule has 3 heterocycles. The molecule has 102 valence electrons. The van der Waals surface area contributed by atoms with E-state index < -0.39 is 5.97 Å². The molecule has 5 nitrogen and oxygen atoms in total. The lowest BCUT2D eigenvalue weighted by Crippen LogP contribution is -2.40. The lowest BCUT2D eigenvalue weighted by molar-refractivity contribution is 0.0690. The number of thiazole rings is 1. The van der Waals surface area contributed by atoms with Crippen molar-refractivity contribution in [3.63, 3.8) is 0 Å². The maximum atomic E-state index is 11.5. The molecule has 0 saturated carbocycles. The second kappa shape index (κ2) is 4.85. The third-order valence-corrected chi connectivity index (χ3v) is 4.57. The number of carbonyl (C=O) groups is 1. The van der Waals surface area contributed by atoms with E-state index in [1.807, 2.05) is 5.38 Å². The number of imidazole rings is 1. The van der Waals surface area contributed by atoms with Gasteiger partial charge in [0.1, 0.15) is 0 Å². The fourth-order valence-corrected chi connectivity index (χ4v) is 3.59. The number of carboxylic acid groups (broad SMARTS) is 1. The number of aromatic carboxylic acids is 1. The molecule has 6 heteroatoms. The largest absolute Gasteiger partial charge is 0.476 e. The predicted molar refractivity (Wildman–Crippen MR) is 75.3 cm³/mol. The maximum absolute atomic E-state index is 11.5. The van der Waals surface area contributed by atoms with E-state index in [9.17, 15) is 9.90 Å². The van der Waals surface area contributed by atoms with Crippen molar-refractivity contribution in [3.05, 3.63) is 17.3 Å². The first-order valence-electron chi connectivity index (χ1n) is 6.68. The van der Waals surface area contributed by atoms with Crippen LogP contribution in [0.1, 0.15) is 43.1 Å². The van der Waals surface area contributed by atoms with Gasteiger partial charge in [-0.1, -0.05) is 6.92 Å². The second-order valence-corrected chi connectivity index (χ2v) is 5.77. The van der Waals surface area contributed by atoms with Gasteiger partial charge in [-0.3, -0.25) is 4.40 Å². The molecule has 1 N–H and O–H groups in total. The van der Waals surface area contributed by atoms with Crippen molar-refractivity contribution >= 4 is 28.1 Å². The number of piperidine rings is 1. The number of fused-ring (bicyclic) bond motifs is 1. The first-order valence-corrected chi connectivity index (χ1v) is 7.55. The van der Waals surface area contributed by atoms with E-state index in [1.165, 1.54) is 17.8 Å². The topological polar surface area (TPSA) is 57.8 Å². The van der Waals surface area contributed by atoms with Crippen LogP contribution < -0.4 is 4.90 Å². The zero-order chi connectivity index (χ0) is 13.4. The second-order valence-electron chi connectivity index (χ2n) is 4.90. The van der Waals surface area contributed by atoms with Crippen molar-refractivity contribution in [1.29, 1.82) is 0 Å². The van der Waals surface area contributed by atoms with E-state index in [1.54, 1.807) is 10.6 Å². The summed E-state index contributed by atoms with van der Waals surface area (Å²) in [5, 5.41) is 11.3. The number of aromatic nitrogens is 2. The molecule has 0 spiro atoms. The van der Waals surface area contributed by atoms with Crippen LogP contribution in [0.15, 0.2) is 11.6 Å². The van der Waals surface area contributed by atoms with E-state index in [0.717, 1.165) is 30.8 Å². The fraction of sp³-hybridized carbons (Fsp3) is 0.538. The first kappa shape index (κ1) is 12.5. The van der Waals surface area contributed by atoms with Crippen LogP contribution in [0, 0.1) is 0 Å². The van der Waals surface area contributed by atoms with Crippen LogP contribution in [0.4, 0.5) is 5.82 Å². The smallest absolute Gasteiger partial charge is 0.356 e. The molecule has 3 rings (SSSR count). The van der Waals surface area contributed by atoms with Crippen molar-refractivity contribution in [2.45, 2.75) is 38.6 Å². The molecule has 0 bridgehead atoms. The SMILES string of the molecule is CCC1CCCCN1c1nc2sccn2c1C(=O)O. The molecular formula is C13H17N3O2S. The summed E-state index contributed by atoms with van der Waals surface area (Å²) < 4.78 is 1.68. The van der Waals surface area contributed by atoms with Crippen molar-refractivity contribution < 1.29 is 9.90 Å². The molecule has 0 aliphatic carbocycles. The molecule has 19 heavy (non-hydrogen) atoms. The van der Waals surface area contributed by atoms with Gasteiger partial charge in [-0.2, -0.15) is 0 Å². The summed E-state index contributed by atoms with van der Waals surface area (Å²) in [5.74, 6) is -0.257. The summed E-state index contributed by atoms with van der Waals surface area (Å²) in [5.41, 5.74) is 0.302. The first-order chi connectivity index (χ1) is 9.22. The van der Waals surface area contributed by atoms with Gasteiger partial charge >= 0.3 is 5.97 Å². The number of rotatable bonds is 3. The van der Waals surface area contributed by atoms with Crippen molar-refractivity contribution in [2.24, 2.45) is 0 Å². The lowest BCUT2D eigenvalue weighted by Gasteiger charge is -2.35. The van der Waals surface area contributed by atoms with Gasteiger partial charge in [0.25, 0.3) is 0 Å². The minimum absolute atomic E-state index is 0.302. The van der Waals surface area contributed by atoms with Crippen LogP contribution in [-0.2, 0) is 0 Å². The molecule has 1 saturated heterocycles. The molecule has 0 aromatic carbocycles. The average molecular weight is 279 g/mol. The lowest BCUT2D eigenvalue weighted by atomic mass is 10.00. The van der Waals surface area contributed by atoms with E-state index in [2.05, 4.69) is 16.8 Å². The Morgan fingerprint density at radius 1 is 1.58 bits per heavy atom. The summed E-state index contributed by atoms with van der Waals surface area (Å²) in [6.45, 7) is 3.06. The summed E-state index contributed by atoms with van der Waals surface area (Å²) in [4.78, 5) is 19.0. The van der Waals surface area contributed by atoms with Crippen LogP contribution in [-0.4, -0.2) is 33.0 Å². The molecule has 0 radical (unpaired) electrons. The van der Waals surface area contributed by atoms with Gasteiger partial charge < -0.3 is 10.0 Å². The Morgan fingerprint density at radius 3 is 3.16 bits per heavy atom. The fourth-order valence-electron chi connectivity index (χ4n) is 2.88. The Balaban J connectivity index is 2.10. The van der Waals surface area contributed by atoms with E-state index in [-0.39, 0.29) is 0 Å². The Kier molecular flexibility index (Phi) is 3.18. The zero-order valence-electron chi connectivity index (χ0n) is 10.9. The predicted octanol–water partition coefficient (Wildman–Crippen LogP) is 2.86. The molecule has 2 aromatic heterocycles. The number of anilines is 1. The number of hydrogen-bond acceptors (Lipinski definition) is 4. The summed E-state index contributed by atoms with van der Waals surface area (Å²) >= 11 is 1.47. The van der Waals surface area contributed by atoms with Crippen LogP contribution in [0.2, 0.25) is 0 Å². The number of hydrogen-bond donors (Lipinski definition) is 1. The van der Waals surface area contributed by atoms with Crippen molar-refractivity contribution in [3.8, 4) is 0 Å². The monoisotopic (exact) mass is 279 g/mol. The molecule has 1 atom stereocenters. The quantitative estimate of drug-likeness (QED) is 0.938. The molecule has 1 aliphatic rings. The number of carboxylic acids is 1. The van der Waals surface area contributed by atoms with Gasteiger partial charge in [0.2, 0.25) is 0 Å². The molecule has 1 aliphatic heterocycles.